The van der Waals surface area contributed by atoms with Crippen LogP contribution < -0.4 is 11.1 Å². The number of carbonyl (C=O) groups excluding carboxylic acids is 1. The number of carbonyl (C=O) groups is 1. The molecule has 1 aliphatic rings. The Morgan fingerprint density at radius 3 is 2.90 bits per heavy atom. The molecule has 1 saturated carbocycles. The molecule has 4 nitrogen and oxygen atoms in total. The average molecular weight is 283 g/mol. The highest BCUT2D eigenvalue weighted by molar-refractivity contribution is 6.02. The predicted molar refractivity (Wildman–Crippen MR) is 85.0 cm³/mol. The second-order valence-corrected chi connectivity index (χ2v) is 5.87. The van der Waals surface area contributed by atoms with Crippen molar-refractivity contribution in [2.24, 2.45) is 11.7 Å². The number of hydrogen-bond donors (Lipinski definition) is 2. The SMILES string of the molecule is Cc1ccc(NC(=O)C2CCCCC2N)c2cccnc12. The van der Waals surface area contributed by atoms with Crippen molar-refractivity contribution in [2.45, 2.75) is 38.6 Å². The van der Waals surface area contributed by atoms with E-state index in [0.717, 1.165) is 47.8 Å². The van der Waals surface area contributed by atoms with E-state index in [1.165, 1.54) is 0 Å². The van der Waals surface area contributed by atoms with Gasteiger partial charge in [-0.2, -0.15) is 0 Å². The molecule has 0 aliphatic heterocycles. The number of pyridine rings is 1. The average Bonchev–Trinajstić information content (AvgIpc) is 2.51. The Morgan fingerprint density at radius 2 is 2.10 bits per heavy atom. The van der Waals surface area contributed by atoms with Crippen molar-refractivity contribution in [1.29, 1.82) is 0 Å². The van der Waals surface area contributed by atoms with E-state index < -0.39 is 0 Å². The Bertz CT molecular complexity index is 668. The Balaban J connectivity index is 1.88. The monoisotopic (exact) mass is 283 g/mol. The molecule has 0 radical (unpaired) electrons. The Morgan fingerprint density at radius 1 is 1.29 bits per heavy atom. The Labute approximate surface area is 124 Å². The van der Waals surface area contributed by atoms with Crippen LogP contribution in [-0.4, -0.2) is 16.9 Å². The molecule has 3 N–H and O–H groups in total. The fraction of sp³-hybridized carbons (Fsp3) is 0.412. The van der Waals surface area contributed by atoms with Crippen LogP contribution in [0.2, 0.25) is 0 Å². The van der Waals surface area contributed by atoms with Crippen LogP contribution in [0.1, 0.15) is 31.2 Å². The van der Waals surface area contributed by atoms with Gasteiger partial charge in [0.15, 0.2) is 0 Å². The Hall–Kier alpha value is -1.94. The minimum atomic E-state index is -0.0771. The summed E-state index contributed by atoms with van der Waals surface area (Å²) in [6.07, 6.45) is 5.81. The van der Waals surface area contributed by atoms with Crippen molar-refractivity contribution in [2.75, 3.05) is 5.32 Å². The molecular weight excluding hydrogens is 262 g/mol. The van der Waals surface area contributed by atoms with E-state index in [1.807, 2.05) is 31.2 Å². The first-order valence-corrected chi connectivity index (χ1v) is 7.57. The van der Waals surface area contributed by atoms with E-state index in [0.29, 0.717) is 0 Å². The molecule has 3 rings (SSSR count). The van der Waals surface area contributed by atoms with Crippen LogP contribution in [0.4, 0.5) is 5.69 Å². The summed E-state index contributed by atoms with van der Waals surface area (Å²) in [4.78, 5) is 16.9. The van der Waals surface area contributed by atoms with E-state index in [-0.39, 0.29) is 17.9 Å². The van der Waals surface area contributed by atoms with Gasteiger partial charge in [0, 0.05) is 17.6 Å². The first-order valence-electron chi connectivity index (χ1n) is 7.57. The summed E-state index contributed by atoms with van der Waals surface area (Å²) in [5, 5.41) is 4.04. The lowest BCUT2D eigenvalue weighted by Gasteiger charge is -2.27. The number of fused-ring (bicyclic) bond motifs is 1. The maximum absolute atomic E-state index is 12.5. The standard InChI is InChI=1S/C17H21N3O/c1-11-8-9-15(13-6-4-10-19-16(11)13)20-17(21)12-5-2-3-7-14(12)18/h4,6,8-10,12,14H,2-3,5,7,18H2,1H3,(H,20,21). The van der Waals surface area contributed by atoms with Crippen molar-refractivity contribution in [3.8, 4) is 0 Å². The lowest BCUT2D eigenvalue weighted by atomic mass is 9.84. The summed E-state index contributed by atoms with van der Waals surface area (Å²) in [6.45, 7) is 2.03. The molecule has 0 saturated heterocycles. The summed E-state index contributed by atoms with van der Waals surface area (Å²) in [7, 11) is 0. The zero-order valence-corrected chi connectivity index (χ0v) is 12.3. The van der Waals surface area contributed by atoms with Gasteiger partial charge in [0.25, 0.3) is 0 Å². The number of nitrogens with zero attached hydrogens (tertiary/aromatic N) is 1. The largest absolute Gasteiger partial charge is 0.327 e. The van der Waals surface area contributed by atoms with E-state index in [4.69, 9.17) is 5.73 Å². The summed E-state index contributed by atoms with van der Waals surface area (Å²) < 4.78 is 0. The van der Waals surface area contributed by atoms with Gasteiger partial charge in [-0.3, -0.25) is 9.78 Å². The van der Waals surface area contributed by atoms with E-state index in [9.17, 15) is 4.79 Å². The van der Waals surface area contributed by atoms with Crippen molar-refractivity contribution in [1.82, 2.24) is 4.98 Å². The summed E-state index contributed by atoms with van der Waals surface area (Å²) in [5.74, 6) is -0.0389. The maximum Gasteiger partial charge on any atom is 0.229 e. The molecule has 21 heavy (non-hydrogen) atoms. The quantitative estimate of drug-likeness (QED) is 0.890. The minimum Gasteiger partial charge on any atom is -0.327 e. The molecule has 2 unspecified atom stereocenters. The lowest BCUT2D eigenvalue weighted by molar-refractivity contribution is -0.121. The molecule has 1 aromatic carbocycles. The summed E-state index contributed by atoms with van der Waals surface area (Å²) in [6, 6.07) is 7.81. The van der Waals surface area contributed by atoms with E-state index >= 15 is 0 Å². The third-order valence-corrected chi connectivity index (χ3v) is 4.39. The number of amides is 1. The van der Waals surface area contributed by atoms with Crippen LogP contribution >= 0.6 is 0 Å². The van der Waals surface area contributed by atoms with Crippen molar-refractivity contribution >= 4 is 22.5 Å². The van der Waals surface area contributed by atoms with Gasteiger partial charge < -0.3 is 11.1 Å². The van der Waals surface area contributed by atoms with Gasteiger partial charge in [-0.25, -0.2) is 0 Å². The van der Waals surface area contributed by atoms with Gasteiger partial charge in [0.2, 0.25) is 5.91 Å². The summed E-state index contributed by atoms with van der Waals surface area (Å²) >= 11 is 0. The van der Waals surface area contributed by atoms with Crippen LogP contribution in [0.3, 0.4) is 0 Å². The molecule has 4 heteroatoms. The fourth-order valence-corrected chi connectivity index (χ4v) is 3.13. The fourth-order valence-electron chi connectivity index (χ4n) is 3.13. The first kappa shape index (κ1) is 14.0. The lowest BCUT2D eigenvalue weighted by Crippen LogP contribution is -2.40. The molecule has 1 heterocycles. The third kappa shape index (κ3) is 2.76. The number of benzene rings is 1. The van der Waals surface area contributed by atoms with E-state index in [1.54, 1.807) is 6.20 Å². The molecule has 2 aromatic rings. The first-order chi connectivity index (χ1) is 10.2. The van der Waals surface area contributed by atoms with Gasteiger partial charge in [0.1, 0.15) is 0 Å². The van der Waals surface area contributed by atoms with Gasteiger partial charge in [-0.15, -0.1) is 0 Å². The highest BCUT2D eigenvalue weighted by atomic mass is 16.1. The summed E-state index contributed by atoms with van der Waals surface area (Å²) in [5.41, 5.74) is 8.97. The number of hydrogen-bond acceptors (Lipinski definition) is 3. The second-order valence-electron chi connectivity index (χ2n) is 5.87. The molecule has 2 atom stereocenters. The molecule has 1 fully saturated rings. The van der Waals surface area contributed by atoms with Crippen molar-refractivity contribution in [3.63, 3.8) is 0 Å². The van der Waals surface area contributed by atoms with Gasteiger partial charge in [-0.05, 0) is 43.5 Å². The second kappa shape index (κ2) is 5.82. The molecule has 1 amide bonds. The van der Waals surface area contributed by atoms with Gasteiger partial charge in [0.05, 0.1) is 17.1 Å². The topological polar surface area (TPSA) is 68.0 Å². The van der Waals surface area contributed by atoms with Crippen molar-refractivity contribution in [3.05, 3.63) is 36.0 Å². The van der Waals surface area contributed by atoms with Crippen LogP contribution in [0.15, 0.2) is 30.5 Å². The number of rotatable bonds is 2. The smallest absolute Gasteiger partial charge is 0.229 e. The zero-order valence-electron chi connectivity index (χ0n) is 12.3. The molecule has 110 valence electrons. The maximum atomic E-state index is 12.5. The van der Waals surface area contributed by atoms with E-state index in [2.05, 4.69) is 10.3 Å². The Kier molecular flexibility index (Phi) is 3.88. The van der Waals surface area contributed by atoms with Crippen LogP contribution in [0, 0.1) is 12.8 Å². The number of nitrogens with two attached hydrogens (primary N) is 1. The molecule has 0 bridgehead atoms. The van der Waals surface area contributed by atoms with Gasteiger partial charge in [-0.1, -0.05) is 18.9 Å². The molecular formula is C17H21N3O. The third-order valence-electron chi connectivity index (χ3n) is 4.39. The molecule has 1 aromatic heterocycles. The highest BCUT2D eigenvalue weighted by Gasteiger charge is 2.28. The predicted octanol–water partition coefficient (Wildman–Crippen LogP) is 3.00. The number of aryl methyl sites for hydroxylation is 1. The number of anilines is 1. The van der Waals surface area contributed by atoms with Crippen molar-refractivity contribution < 1.29 is 4.79 Å². The minimum absolute atomic E-state index is 0.0198. The number of aromatic nitrogens is 1. The normalized spacial score (nSPS) is 22.2. The van der Waals surface area contributed by atoms with Crippen LogP contribution in [-0.2, 0) is 4.79 Å². The number of nitrogens with one attached hydrogen (secondary N) is 1. The van der Waals surface area contributed by atoms with Crippen LogP contribution in [0.25, 0.3) is 10.9 Å². The molecule has 0 spiro atoms. The highest BCUT2D eigenvalue weighted by Crippen LogP contribution is 2.28. The van der Waals surface area contributed by atoms with Gasteiger partial charge >= 0.3 is 0 Å². The molecule has 1 aliphatic carbocycles. The zero-order chi connectivity index (χ0) is 14.8. The van der Waals surface area contributed by atoms with Crippen LogP contribution in [0.5, 0.6) is 0 Å².